The van der Waals surface area contributed by atoms with Gasteiger partial charge in [0.15, 0.2) is 0 Å². The fraction of sp³-hybridized carbons (Fsp3) is 0.333. The largest absolute Gasteiger partial charge is 0.494 e. The van der Waals surface area contributed by atoms with E-state index in [0.717, 1.165) is 45.1 Å². The Morgan fingerprint density at radius 3 is 1.90 bits per heavy atom. The molecule has 1 saturated carbocycles. The zero-order chi connectivity index (χ0) is 41.2. The maximum atomic E-state index is 13.3. The third kappa shape index (κ3) is 8.77. The third-order valence-corrected chi connectivity index (χ3v) is 12.6. The number of rotatable bonds is 13. The fourth-order valence-corrected chi connectivity index (χ4v) is 9.47. The number of benzene rings is 3. The summed E-state index contributed by atoms with van der Waals surface area (Å²) in [5.74, 6) is -2.87. The van der Waals surface area contributed by atoms with Crippen LogP contribution >= 0.6 is 22.7 Å². The molecule has 2 aliphatic rings. The summed E-state index contributed by atoms with van der Waals surface area (Å²) in [6, 6.07) is 17.6. The molecule has 7 rings (SSSR count). The van der Waals surface area contributed by atoms with Crippen LogP contribution in [0.4, 0.5) is 13.2 Å². The van der Waals surface area contributed by atoms with Gasteiger partial charge in [0.2, 0.25) is 11.8 Å². The molecule has 0 bridgehead atoms. The molecule has 11 nitrogen and oxygen atoms in total. The number of hydrogen-bond acceptors (Lipinski definition) is 9. The Balaban J connectivity index is 0.989. The number of alkyl halides is 3. The first kappa shape index (κ1) is 40.6. The van der Waals surface area contributed by atoms with Crippen molar-refractivity contribution in [1.29, 1.82) is 0 Å². The predicted octanol–water partition coefficient (Wildman–Crippen LogP) is 7.47. The molecule has 1 fully saturated rings. The second-order valence-corrected chi connectivity index (χ2v) is 16.4. The molecular weight excluding hydrogens is 794 g/mol. The minimum absolute atomic E-state index is 0.0430. The van der Waals surface area contributed by atoms with Gasteiger partial charge < -0.3 is 25.6 Å². The first-order valence-electron chi connectivity index (χ1n) is 18.7. The summed E-state index contributed by atoms with van der Waals surface area (Å²) in [6.07, 6.45) is -3.19. The van der Waals surface area contributed by atoms with Crippen LogP contribution in [-0.4, -0.2) is 61.6 Å². The number of carboxylic acids is 2. The highest BCUT2D eigenvalue weighted by atomic mass is 32.1. The van der Waals surface area contributed by atoms with E-state index in [4.69, 9.17) is 4.74 Å². The van der Waals surface area contributed by atoms with Crippen molar-refractivity contribution in [2.24, 2.45) is 0 Å². The number of carboxylic acid groups (broad SMARTS) is 2. The highest BCUT2D eigenvalue weighted by molar-refractivity contribution is 7.13. The van der Waals surface area contributed by atoms with Crippen molar-refractivity contribution in [1.82, 2.24) is 20.6 Å². The van der Waals surface area contributed by atoms with Gasteiger partial charge in [0, 0.05) is 34.7 Å². The van der Waals surface area contributed by atoms with Crippen molar-refractivity contribution in [3.8, 4) is 26.9 Å². The lowest BCUT2D eigenvalue weighted by Gasteiger charge is -2.38. The van der Waals surface area contributed by atoms with Crippen molar-refractivity contribution in [2.45, 2.75) is 81.5 Å². The first-order chi connectivity index (χ1) is 27.6. The molecule has 4 N–H and O–H groups in total. The van der Waals surface area contributed by atoms with Crippen LogP contribution in [0.2, 0.25) is 0 Å². The van der Waals surface area contributed by atoms with E-state index in [2.05, 4.69) is 20.6 Å². The highest BCUT2D eigenvalue weighted by Gasteiger charge is 2.47. The SMILES string of the molecule is CCOc1ccc(-c2nc(CC(=O)NC3(C(=O)O)Cc4ccc(C5CCCC(NC(=O)Cc6csc(-c7ccc(C(F)(F)F)cc7)n6)(C(=O)O)C5)cc4C3)cs2)cc1. The van der Waals surface area contributed by atoms with Crippen molar-refractivity contribution in [2.75, 3.05) is 6.61 Å². The smallest absolute Gasteiger partial charge is 0.416 e. The summed E-state index contributed by atoms with van der Waals surface area (Å²) in [4.78, 5) is 61.1. The van der Waals surface area contributed by atoms with E-state index in [1.165, 1.54) is 34.8 Å². The average Bonchev–Trinajstić information content (AvgIpc) is 3.94. The van der Waals surface area contributed by atoms with Gasteiger partial charge in [0.25, 0.3) is 0 Å². The van der Waals surface area contributed by atoms with Crippen LogP contribution < -0.4 is 15.4 Å². The van der Waals surface area contributed by atoms with E-state index in [1.807, 2.05) is 49.4 Å². The van der Waals surface area contributed by atoms with Crippen LogP contribution in [-0.2, 0) is 51.0 Å². The van der Waals surface area contributed by atoms with Gasteiger partial charge >= 0.3 is 18.1 Å². The number of hydrogen-bond donors (Lipinski definition) is 4. The van der Waals surface area contributed by atoms with Gasteiger partial charge in [-0.3, -0.25) is 9.59 Å². The van der Waals surface area contributed by atoms with Crippen molar-refractivity contribution in [3.05, 3.63) is 111 Å². The van der Waals surface area contributed by atoms with Gasteiger partial charge in [-0.25, -0.2) is 19.6 Å². The van der Waals surface area contributed by atoms with Crippen LogP contribution in [0.15, 0.2) is 77.5 Å². The summed E-state index contributed by atoms with van der Waals surface area (Å²) >= 11 is 2.55. The van der Waals surface area contributed by atoms with Crippen LogP contribution in [0.5, 0.6) is 5.75 Å². The normalized spacial score (nSPS) is 20.2. The number of amides is 2. The second kappa shape index (κ2) is 16.3. The van der Waals surface area contributed by atoms with Crippen LogP contribution in [0.3, 0.4) is 0 Å². The maximum Gasteiger partial charge on any atom is 0.416 e. The Morgan fingerprint density at radius 2 is 1.34 bits per heavy atom. The lowest BCUT2D eigenvalue weighted by molar-refractivity contribution is -0.149. The molecule has 302 valence electrons. The molecule has 5 aromatic rings. The van der Waals surface area contributed by atoms with Gasteiger partial charge in [0.05, 0.1) is 36.4 Å². The highest BCUT2D eigenvalue weighted by Crippen LogP contribution is 2.42. The minimum atomic E-state index is -4.47. The molecule has 2 aliphatic carbocycles. The van der Waals surface area contributed by atoms with E-state index in [0.29, 0.717) is 41.4 Å². The summed E-state index contributed by atoms with van der Waals surface area (Å²) < 4.78 is 44.5. The van der Waals surface area contributed by atoms with E-state index < -0.39 is 46.6 Å². The molecule has 2 heterocycles. The van der Waals surface area contributed by atoms with Crippen molar-refractivity contribution < 1.29 is 47.3 Å². The summed E-state index contributed by atoms with van der Waals surface area (Å²) in [5, 5.41) is 30.9. The minimum Gasteiger partial charge on any atom is -0.494 e. The molecular formula is C42H39F3N4O7S2. The molecule has 0 spiro atoms. The Morgan fingerprint density at radius 1 is 0.793 bits per heavy atom. The Labute approximate surface area is 339 Å². The Hall–Kier alpha value is -5.61. The number of carbonyl (C=O) groups is 4. The summed E-state index contributed by atoms with van der Waals surface area (Å²) in [7, 11) is 0. The number of nitrogens with zero attached hydrogens (tertiary/aromatic N) is 2. The van der Waals surface area contributed by atoms with Crippen LogP contribution in [0, 0.1) is 0 Å². The number of fused-ring (bicyclic) bond motifs is 1. The molecule has 0 radical (unpaired) electrons. The summed E-state index contributed by atoms with van der Waals surface area (Å²) in [6.45, 7) is 2.46. The predicted molar refractivity (Wildman–Crippen MR) is 211 cm³/mol. The standard InChI is InChI=1S/C42H39F3N4O7S2/c1-2-56-33-13-9-25(10-14-33)37-47-32(23-58-37)18-35(51)49-41(39(54)55)20-28-6-5-26(16-29(28)21-41)27-4-3-15-40(19-27,38(52)53)48-34(50)17-31-22-57-36(46-31)24-7-11-30(12-8-24)42(43,44)45/h5-14,16,22-23,27H,2-4,15,17-21H2,1H3,(H,48,50)(H,49,51)(H,52,53)(H,54,55). The lowest BCUT2D eigenvalue weighted by Crippen LogP contribution is -2.57. The first-order valence-corrected chi connectivity index (χ1v) is 20.4. The van der Waals surface area contributed by atoms with Crippen LogP contribution in [0.25, 0.3) is 21.1 Å². The number of carbonyl (C=O) groups excluding carboxylic acids is 2. The Kier molecular flexibility index (Phi) is 11.4. The molecule has 3 atom stereocenters. The van der Waals surface area contributed by atoms with E-state index in [-0.39, 0.29) is 44.4 Å². The zero-order valence-electron chi connectivity index (χ0n) is 31.2. The number of ether oxygens (including phenoxy) is 1. The van der Waals surface area contributed by atoms with Gasteiger partial charge in [0.1, 0.15) is 26.8 Å². The quantitative estimate of drug-likeness (QED) is 0.0941. The van der Waals surface area contributed by atoms with Gasteiger partial charge in [-0.2, -0.15) is 13.2 Å². The second-order valence-electron chi connectivity index (χ2n) is 14.7. The molecule has 2 amide bonds. The molecule has 0 aliphatic heterocycles. The molecule has 3 unspecified atom stereocenters. The van der Waals surface area contributed by atoms with E-state index in [9.17, 15) is 42.6 Å². The van der Waals surface area contributed by atoms with Gasteiger partial charge in [-0.05, 0) is 91.6 Å². The fourth-order valence-electron chi connectivity index (χ4n) is 7.82. The summed E-state index contributed by atoms with van der Waals surface area (Å²) in [5.41, 5.74) is 0.626. The Bertz CT molecular complexity index is 2350. The topological polar surface area (TPSA) is 168 Å². The van der Waals surface area contributed by atoms with Gasteiger partial charge in [-0.1, -0.05) is 30.3 Å². The number of aliphatic carboxylic acids is 2. The molecule has 2 aromatic heterocycles. The zero-order valence-corrected chi connectivity index (χ0v) is 32.9. The van der Waals surface area contributed by atoms with Crippen molar-refractivity contribution in [3.63, 3.8) is 0 Å². The number of nitrogens with one attached hydrogen (secondary N) is 2. The van der Waals surface area contributed by atoms with E-state index in [1.54, 1.807) is 10.8 Å². The monoisotopic (exact) mass is 832 g/mol. The number of thiazole rings is 2. The van der Waals surface area contributed by atoms with E-state index >= 15 is 0 Å². The van der Waals surface area contributed by atoms with Crippen LogP contribution in [0.1, 0.15) is 72.2 Å². The number of aromatic nitrogens is 2. The molecule has 3 aromatic carbocycles. The molecule has 0 saturated heterocycles. The maximum absolute atomic E-state index is 13.3. The third-order valence-electron chi connectivity index (χ3n) is 10.7. The average molecular weight is 833 g/mol. The van der Waals surface area contributed by atoms with Gasteiger partial charge in [-0.15, -0.1) is 22.7 Å². The van der Waals surface area contributed by atoms with Crippen molar-refractivity contribution >= 4 is 46.4 Å². The lowest BCUT2D eigenvalue weighted by atomic mass is 9.72. The number of halogens is 3. The molecule has 16 heteroatoms. The molecule has 58 heavy (non-hydrogen) atoms.